The lowest BCUT2D eigenvalue weighted by molar-refractivity contribution is -0.121. The van der Waals surface area contributed by atoms with Gasteiger partial charge in [-0.25, -0.2) is 9.97 Å². The van der Waals surface area contributed by atoms with Gasteiger partial charge in [-0.15, -0.1) is 37.2 Å². The van der Waals surface area contributed by atoms with Crippen molar-refractivity contribution in [1.82, 2.24) is 14.9 Å². The molecule has 0 aliphatic heterocycles. The molecule has 0 atom stereocenters. The Kier molecular flexibility index (Phi) is 18.6. The first-order valence-corrected chi connectivity index (χ1v) is 20.6. The summed E-state index contributed by atoms with van der Waals surface area (Å²) in [5.41, 5.74) is 7.75. The Morgan fingerprint density at radius 2 is 0.984 bits per heavy atom. The summed E-state index contributed by atoms with van der Waals surface area (Å²) in [5, 5.41) is 13.6. The topological polar surface area (TPSA) is 198 Å². The Hall–Kier alpha value is -4.93. The number of hydrogen-bond acceptors (Lipinski definition) is 10. The lowest BCUT2D eigenvalue weighted by Crippen LogP contribution is -2.35. The predicted molar refractivity (Wildman–Crippen MR) is 255 cm³/mol. The van der Waals surface area contributed by atoms with Crippen LogP contribution in [0.4, 0.5) is 23.0 Å². The quantitative estimate of drug-likeness (QED) is 0.0930. The summed E-state index contributed by atoms with van der Waals surface area (Å²) in [6.07, 6.45) is 9.59. The van der Waals surface area contributed by atoms with Gasteiger partial charge < -0.3 is 40.7 Å². The van der Waals surface area contributed by atoms with Crippen LogP contribution >= 0.6 is 60.4 Å². The van der Waals surface area contributed by atoms with E-state index < -0.39 is 11.8 Å². The van der Waals surface area contributed by atoms with Crippen molar-refractivity contribution in [2.75, 3.05) is 35.4 Å². The summed E-state index contributed by atoms with van der Waals surface area (Å²) in [5.74, 6) is -0.653. The van der Waals surface area contributed by atoms with Gasteiger partial charge in [-0.05, 0) is 114 Å². The molecule has 8 rings (SSSR count). The van der Waals surface area contributed by atoms with Gasteiger partial charge in [0.05, 0.1) is 10.0 Å². The summed E-state index contributed by atoms with van der Waals surface area (Å²) in [6, 6.07) is 21.6. The molecular weight excluding hydrogens is 914 g/mol. The maximum atomic E-state index is 13.0. The molecule has 63 heavy (non-hydrogen) atoms. The summed E-state index contributed by atoms with van der Waals surface area (Å²) >= 11 is 11.7. The normalized spacial score (nSPS) is 18.1. The van der Waals surface area contributed by atoms with Gasteiger partial charge in [0.25, 0.3) is 11.8 Å². The molecule has 2 saturated carbocycles. The monoisotopic (exact) mass is 960 g/mol. The highest BCUT2D eigenvalue weighted by atomic mass is 35.5. The zero-order chi connectivity index (χ0) is 42.3. The Balaban J connectivity index is 0.000000264. The molecule has 2 fully saturated rings. The summed E-state index contributed by atoms with van der Waals surface area (Å²) in [7, 11) is 4.15. The zero-order valence-corrected chi connectivity index (χ0v) is 38.4. The van der Waals surface area contributed by atoms with E-state index in [0.29, 0.717) is 61.0 Å². The Morgan fingerprint density at radius 1 is 0.587 bits per heavy atom. The van der Waals surface area contributed by atoms with E-state index in [-0.39, 0.29) is 78.4 Å². The Bertz CT molecular complexity index is 2480. The molecule has 2 aliphatic rings. The highest BCUT2D eigenvalue weighted by molar-refractivity contribution is 6.30. The van der Waals surface area contributed by atoms with Crippen molar-refractivity contribution in [3.8, 4) is 0 Å². The number of carbonyl (C=O) groups excluding carboxylic acids is 4. The number of nitrogens with zero attached hydrogens (tertiary/aromatic N) is 3. The van der Waals surface area contributed by atoms with Gasteiger partial charge in [-0.2, -0.15) is 0 Å². The minimum Gasteiger partial charge on any atom is -0.449 e. The number of carbonyl (C=O) groups is 4. The van der Waals surface area contributed by atoms with E-state index in [1.165, 1.54) is 12.4 Å². The van der Waals surface area contributed by atoms with E-state index in [9.17, 15) is 19.2 Å². The fourth-order valence-corrected chi connectivity index (χ4v) is 7.81. The van der Waals surface area contributed by atoms with Crippen LogP contribution in [0.3, 0.4) is 0 Å². The molecule has 2 aromatic carbocycles. The number of nitrogens with one attached hydrogen (secondary N) is 4. The third-order valence-corrected chi connectivity index (χ3v) is 11.4. The summed E-state index contributed by atoms with van der Waals surface area (Å²) in [6.45, 7) is 0. The minimum atomic E-state index is -0.503. The largest absolute Gasteiger partial charge is 0.449 e. The Labute approximate surface area is 393 Å². The van der Waals surface area contributed by atoms with Crippen LogP contribution in [0, 0.1) is 11.8 Å². The van der Waals surface area contributed by atoms with Crippen LogP contribution in [0.1, 0.15) is 72.5 Å². The molecule has 336 valence electrons. The number of amides is 4. The lowest BCUT2D eigenvalue weighted by Gasteiger charge is -2.31. The number of fused-ring (bicyclic) bond motifs is 2. The first-order chi connectivity index (χ1) is 28.9. The average molecular weight is 963 g/mol. The van der Waals surface area contributed by atoms with Gasteiger partial charge in [0, 0.05) is 47.1 Å². The minimum absolute atomic E-state index is 0. The number of rotatable bonds is 9. The first-order valence-electron chi connectivity index (χ1n) is 19.9. The van der Waals surface area contributed by atoms with Crippen LogP contribution in [0.25, 0.3) is 21.9 Å². The van der Waals surface area contributed by atoms with Crippen molar-refractivity contribution in [3.05, 3.63) is 107 Å². The molecule has 0 bridgehead atoms. The van der Waals surface area contributed by atoms with Crippen LogP contribution in [0.5, 0.6) is 0 Å². The van der Waals surface area contributed by atoms with E-state index in [0.717, 1.165) is 51.4 Å². The van der Waals surface area contributed by atoms with Gasteiger partial charge in [-0.1, -0.05) is 47.5 Å². The molecule has 14 nitrogen and oxygen atoms in total. The lowest BCUT2D eigenvalue weighted by atomic mass is 9.85. The van der Waals surface area contributed by atoms with Crippen LogP contribution in [-0.2, 0) is 9.59 Å². The molecule has 0 unspecified atom stereocenters. The van der Waals surface area contributed by atoms with E-state index in [4.69, 9.17) is 37.8 Å². The molecule has 6 aromatic rings. The van der Waals surface area contributed by atoms with Gasteiger partial charge in [-0.3, -0.25) is 19.2 Å². The molecule has 4 heterocycles. The van der Waals surface area contributed by atoms with Crippen LogP contribution < -0.4 is 27.0 Å². The van der Waals surface area contributed by atoms with Crippen LogP contribution in [0.15, 0.2) is 94.0 Å². The number of anilines is 4. The maximum Gasteiger partial charge on any atom is 0.294 e. The van der Waals surface area contributed by atoms with Crippen molar-refractivity contribution >= 4 is 129 Å². The smallest absolute Gasteiger partial charge is 0.294 e. The van der Waals surface area contributed by atoms with E-state index in [1.54, 1.807) is 36.4 Å². The third kappa shape index (κ3) is 12.6. The number of nitrogens with two attached hydrogens (primary N) is 1. The van der Waals surface area contributed by atoms with Crippen molar-refractivity contribution < 1.29 is 28.0 Å². The van der Waals surface area contributed by atoms with E-state index in [1.807, 2.05) is 36.4 Å². The number of furan rings is 2. The maximum absolute atomic E-state index is 13.0. The number of aromatic nitrogens is 2. The van der Waals surface area contributed by atoms with Crippen molar-refractivity contribution in [2.24, 2.45) is 17.6 Å². The predicted octanol–water partition coefficient (Wildman–Crippen LogP) is 10.2. The fraction of sp³-hybridized carbons (Fsp3) is 0.318. The molecule has 6 N–H and O–H groups in total. The van der Waals surface area contributed by atoms with Gasteiger partial charge in [0.2, 0.25) is 23.3 Å². The highest BCUT2D eigenvalue weighted by Crippen LogP contribution is 2.35. The first kappa shape index (κ1) is 50.7. The summed E-state index contributed by atoms with van der Waals surface area (Å²) < 4.78 is 11.6. The van der Waals surface area contributed by atoms with E-state index >= 15 is 0 Å². The van der Waals surface area contributed by atoms with Crippen molar-refractivity contribution in [2.45, 2.75) is 63.5 Å². The second-order valence-corrected chi connectivity index (χ2v) is 16.2. The summed E-state index contributed by atoms with van der Waals surface area (Å²) in [4.78, 5) is 62.0. The SMILES string of the molecule is CN(C)C1CCC(C(=O)Nc2c(C(=O)Nc3ccc(Cl)cn3)oc3ccccc23)CC1.Cl.Cl.Cl.NC1CCC(C(=O)Nc2c(C(=O)Nc3ccc(Cl)cn3)oc3ccccc23)CC1. The van der Waals surface area contributed by atoms with Gasteiger partial charge in [0.15, 0.2) is 0 Å². The van der Waals surface area contributed by atoms with Crippen molar-refractivity contribution in [3.63, 3.8) is 0 Å². The number of halogens is 5. The molecule has 4 aromatic heterocycles. The molecule has 0 saturated heterocycles. The standard InChI is InChI=1S/C23H25ClN4O3.C21H21ClN4O3.3ClH/c1-28(2)16-10-7-14(8-11-16)22(29)27-20-17-5-3-4-6-18(17)31-21(20)23(30)26-19-12-9-15(24)13-25-19;22-13-7-10-17(24-11-13)25-21(28)19-18(15-3-1-2-4-16(15)29-19)26-20(27)12-5-8-14(23)9-6-12;;;/h3-6,9,12-14,16H,7-8,10-11H2,1-2H3,(H,27,29)(H,25,26,30);1-4,7,10-12,14H,5-6,8-9,23H2,(H,26,27)(H,24,25,28);3*1H. The van der Waals surface area contributed by atoms with Gasteiger partial charge >= 0.3 is 0 Å². The Morgan fingerprint density at radius 3 is 1.37 bits per heavy atom. The fourth-order valence-electron chi connectivity index (χ4n) is 7.59. The van der Waals surface area contributed by atoms with Crippen LogP contribution in [-0.4, -0.2) is 64.7 Å². The number of hydrogen-bond donors (Lipinski definition) is 5. The molecule has 19 heteroatoms. The molecule has 0 radical (unpaired) electrons. The number of benzene rings is 2. The second kappa shape index (κ2) is 23.1. The van der Waals surface area contributed by atoms with Crippen LogP contribution in [0.2, 0.25) is 10.0 Å². The van der Waals surface area contributed by atoms with Gasteiger partial charge in [0.1, 0.15) is 34.2 Å². The van der Waals surface area contributed by atoms with Crippen molar-refractivity contribution in [1.29, 1.82) is 0 Å². The zero-order valence-electron chi connectivity index (χ0n) is 34.4. The number of pyridine rings is 2. The molecular formula is C44H49Cl5N8O6. The average Bonchev–Trinajstić information content (AvgIpc) is 3.81. The molecule has 4 amide bonds. The number of para-hydroxylation sites is 2. The second-order valence-electron chi connectivity index (χ2n) is 15.3. The third-order valence-electron chi connectivity index (χ3n) is 11.0. The molecule has 0 spiro atoms. The van der Waals surface area contributed by atoms with E-state index in [2.05, 4.69) is 50.2 Å². The molecule has 2 aliphatic carbocycles. The highest BCUT2D eigenvalue weighted by Gasteiger charge is 2.31.